The molecule has 1 N–H and O–H groups in total. The number of aromatic nitrogens is 2. The normalized spacial score (nSPS) is 11.8. The third-order valence-electron chi connectivity index (χ3n) is 3.02. The van der Waals surface area contributed by atoms with Crippen LogP contribution in [0, 0.1) is 0 Å². The van der Waals surface area contributed by atoms with Gasteiger partial charge in [0, 0.05) is 25.2 Å². The van der Waals surface area contributed by atoms with Crippen molar-refractivity contribution in [3.63, 3.8) is 0 Å². The van der Waals surface area contributed by atoms with E-state index in [4.69, 9.17) is 0 Å². The van der Waals surface area contributed by atoms with Gasteiger partial charge in [0.2, 0.25) is 0 Å². The minimum atomic E-state index is -0.283. The molecule has 5 heteroatoms. The predicted octanol–water partition coefficient (Wildman–Crippen LogP) is 1.41. The van der Waals surface area contributed by atoms with Crippen molar-refractivity contribution in [3.8, 4) is 0 Å². The SMILES string of the molecule is Cn1c(=O)n(C)c2cc(C(=O)NC(C)(C)C)ccc21. The van der Waals surface area contributed by atoms with Crippen LogP contribution in [-0.2, 0) is 14.1 Å². The summed E-state index contributed by atoms with van der Waals surface area (Å²) < 4.78 is 3.12. The number of carbonyl (C=O) groups is 1. The molecule has 0 aliphatic rings. The van der Waals surface area contributed by atoms with Crippen LogP contribution in [0.5, 0.6) is 0 Å². The number of rotatable bonds is 1. The van der Waals surface area contributed by atoms with Gasteiger partial charge < -0.3 is 5.32 Å². The Morgan fingerprint density at radius 2 is 1.68 bits per heavy atom. The van der Waals surface area contributed by atoms with Gasteiger partial charge in [-0.3, -0.25) is 13.9 Å². The first-order chi connectivity index (χ1) is 8.70. The van der Waals surface area contributed by atoms with Crippen molar-refractivity contribution < 1.29 is 4.79 Å². The molecular formula is C14H19N3O2. The Kier molecular flexibility index (Phi) is 3.00. The molecule has 0 atom stereocenters. The maximum atomic E-state index is 12.1. The molecule has 1 aromatic heterocycles. The van der Waals surface area contributed by atoms with E-state index in [1.165, 1.54) is 0 Å². The van der Waals surface area contributed by atoms with Crippen molar-refractivity contribution in [3.05, 3.63) is 34.2 Å². The molecule has 0 aliphatic carbocycles. The third kappa shape index (κ3) is 2.41. The molecule has 0 aliphatic heterocycles. The minimum Gasteiger partial charge on any atom is -0.347 e. The van der Waals surface area contributed by atoms with Gasteiger partial charge in [0.25, 0.3) is 5.91 Å². The van der Waals surface area contributed by atoms with Crippen molar-refractivity contribution in [2.24, 2.45) is 14.1 Å². The van der Waals surface area contributed by atoms with Crippen LogP contribution in [0.25, 0.3) is 11.0 Å². The predicted molar refractivity (Wildman–Crippen MR) is 75.4 cm³/mol. The maximum absolute atomic E-state index is 12.1. The Bertz CT molecular complexity index is 702. The molecule has 0 bridgehead atoms. The zero-order valence-electron chi connectivity index (χ0n) is 11.9. The maximum Gasteiger partial charge on any atom is 0.328 e. The number of fused-ring (bicyclic) bond motifs is 1. The lowest BCUT2D eigenvalue weighted by molar-refractivity contribution is 0.0919. The second-order valence-corrected chi connectivity index (χ2v) is 5.81. The van der Waals surface area contributed by atoms with Crippen LogP contribution in [0.2, 0.25) is 0 Å². The Balaban J connectivity index is 2.51. The first-order valence-corrected chi connectivity index (χ1v) is 6.19. The zero-order valence-corrected chi connectivity index (χ0v) is 11.9. The van der Waals surface area contributed by atoms with Crippen LogP contribution < -0.4 is 11.0 Å². The second-order valence-electron chi connectivity index (χ2n) is 5.81. The second kappa shape index (κ2) is 4.26. The highest BCUT2D eigenvalue weighted by Gasteiger charge is 2.16. The van der Waals surface area contributed by atoms with Gasteiger partial charge >= 0.3 is 5.69 Å². The summed E-state index contributed by atoms with van der Waals surface area (Å²) in [6.07, 6.45) is 0. The standard InChI is InChI=1S/C14H19N3O2/c1-14(2,3)15-12(18)9-6-7-10-11(8-9)17(5)13(19)16(10)4/h6-8H,1-5H3,(H,15,18). The van der Waals surface area contributed by atoms with Crippen LogP contribution in [-0.4, -0.2) is 20.6 Å². The number of carbonyl (C=O) groups excluding carboxylic acids is 1. The number of hydrogen-bond acceptors (Lipinski definition) is 2. The fraction of sp³-hybridized carbons (Fsp3) is 0.429. The Labute approximate surface area is 111 Å². The van der Waals surface area contributed by atoms with Crippen LogP contribution >= 0.6 is 0 Å². The van der Waals surface area contributed by atoms with Gasteiger partial charge in [-0.2, -0.15) is 0 Å². The molecule has 1 heterocycles. The van der Waals surface area contributed by atoms with Crippen LogP contribution in [0.3, 0.4) is 0 Å². The third-order valence-corrected chi connectivity index (χ3v) is 3.02. The number of nitrogens with one attached hydrogen (secondary N) is 1. The zero-order chi connectivity index (χ0) is 14.4. The highest BCUT2D eigenvalue weighted by molar-refractivity contribution is 5.97. The van der Waals surface area contributed by atoms with Gasteiger partial charge in [-0.05, 0) is 39.0 Å². The van der Waals surface area contributed by atoms with E-state index in [1.54, 1.807) is 41.4 Å². The molecule has 19 heavy (non-hydrogen) atoms. The summed E-state index contributed by atoms with van der Waals surface area (Å²) >= 11 is 0. The number of nitrogens with zero attached hydrogens (tertiary/aromatic N) is 2. The van der Waals surface area contributed by atoms with E-state index >= 15 is 0 Å². The van der Waals surface area contributed by atoms with E-state index < -0.39 is 0 Å². The summed E-state index contributed by atoms with van der Waals surface area (Å²) in [5, 5.41) is 2.91. The minimum absolute atomic E-state index is 0.0941. The van der Waals surface area contributed by atoms with Crippen molar-refractivity contribution in [2.75, 3.05) is 0 Å². The fourth-order valence-electron chi connectivity index (χ4n) is 2.06. The highest BCUT2D eigenvalue weighted by atomic mass is 16.2. The molecular weight excluding hydrogens is 242 g/mol. The topological polar surface area (TPSA) is 56.0 Å². The van der Waals surface area contributed by atoms with Crippen LogP contribution in [0.4, 0.5) is 0 Å². The van der Waals surface area contributed by atoms with Crippen molar-refractivity contribution in [1.29, 1.82) is 0 Å². The van der Waals surface area contributed by atoms with Crippen LogP contribution in [0.15, 0.2) is 23.0 Å². The van der Waals surface area contributed by atoms with E-state index in [0.717, 1.165) is 11.0 Å². The quantitative estimate of drug-likeness (QED) is 0.843. The van der Waals surface area contributed by atoms with E-state index in [2.05, 4.69) is 5.32 Å². The number of benzene rings is 1. The van der Waals surface area contributed by atoms with Gasteiger partial charge in [0.1, 0.15) is 0 Å². The van der Waals surface area contributed by atoms with Gasteiger partial charge in [0.05, 0.1) is 11.0 Å². The van der Waals surface area contributed by atoms with Gasteiger partial charge in [-0.25, -0.2) is 4.79 Å². The average Bonchev–Trinajstić information content (AvgIpc) is 2.52. The molecule has 1 amide bonds. The van der Waals surface area contributed by atoms with E-state index in [1.807, 2.05) is 20.8 Å². The van der Waals surface area contributed by atoms with Crippen molar-refractivity contribution in [1.82, 2.24) is 14.5 Å². The number of imidazole rings is 1. The molecule has 2 rings (SSSR count). The van der Waals surface area contributed by atoms with Gasteiger partial charge in [-0.1, -0.05) is 0 Å². The smallest absolute Gasteiger partial charge is 0.328 e. The summed E-state index contributed by atoms with van der Waals surface area (Å²) in [7, 11) is 3.43. The number of aryl methyl sites for hydroxylation is 2. The summed E-state index contributed by atoms with van der Waals surface area (Å²) in [4.78, 5) is 23.9. The van der Waals surface area contributed by atoms with Gasteiger partial charge in [-0.15, -0.1) is 0 Å². The fourth-order valence-corrected chi connectivity index (χ4v) is 2.06. The van der Waals surface area contributed by atoms with Gasteiger partial charge in [0.15, 0.2) is 0 Å². The van der Waals surface area contributed by atoms with E-state index in [-0.39, 0.29) is 17.1 Å². The molecule has 0 fully saturated rings. The lowest BCUT2D eigenvalue weighted by atomic mass is 10.1. The van der Waals surface area contributed by atoms with E-state index in [0.29, 0.717) is 5.56 Å². The first kappa shape index (κ1) is 13.4. The first-order valence-electron chi connectivity index (χ1n) is 6.19. The Morgan fingerprint density at radius 3 is 2.26 bits per heavy atom. The molecule has 2 aromatic rings. The molecule has 0 saturated heterocycles. The Hall–Kier alpha value is -2.04. The highest BCUT2D eigenvalue weighted by Crippen LogP contribution is 2.14. The Morgan fingerprint density at radius 1 is 1.11 bits per heavy atom. The molecule has 5 nitrogen and oxygen atoms in total. The van der Waals surface area contributed by atoms with Crippen LogP contribution in [0.1, 0.15) is 31.1 Å². The molecule has 0 saturated carbocycles. The van der Waals surface area contributed by atoms with Crippen molar-refractivity contribution in [2.45, 2.75) is 26.3 Å². The lowest BCUT2D eigenvalue weighted by Gasteiger charge is -2.20. The summed E-state index contributed by atoms with van der Waals surface area (Å²) in [5.41, 5.74) is 1.76. The molecule has 1 aromatic carbocycles. The number of hydrogen-bond donors (Lipinski definition) is 1. The van der Waals surface area contributed by atoms with E-state index in [9.17, 15) is 9.59 Å². The molecule has 102 valence electrons. The van der Waals surface area contributed by atoms with Crippen molar-refractivity contribution >= 4 is 16.9 Å². The average molecular weight is 261 g/mol. The largest absolute Gasteiger partial charge is 0.347 e. The molecule has 0 spiro atoms. The monoisotopic (exact) mass is 261 g/mol. The summed E-state index contributed by atoms with van der Waals surface area (Å²) in [6, 6.07) is 5.29. The lowest BCUT2D eigenvalue weighted by Crippen LogP contribution is -2.40. The summed E-state index contributed by atoms with van der Waals surface area (Å²) in [6.45, 7) is 5.80. The number of amides is 1. The molecule has 0 radical (unpaired) electrons. The summed E-state index contributed by atoms with van der Waals surface area (Å²) in [5.74, 6) is -0.134. The molecule has 0 unspecified atom stereocenters.